The summed E-state index contributed by atoms with van der Waals surface area (Å²) in [7, 11) is 0. The van der Waals surface area contributed by atoms with Gasteiger partial charge < -0.3 is 42.1 Å². The topological polar surface area (TPSA) is 203 Å². The lowest BCUT2D eigenvalue weighted by molar-refractivity contribution is -0.133. The van der Waals surface area contributed by atoms with Crippen LogP contribution in [0.3, 0.4) is 0 Å². The maximum absolute atomic E-state index is 13.3. The van der Waals surface area contributed by atoms with Crippen molar-refractivity contribution in [2.24, 2.45) is 17.6 Å². The predicted molar refractivity (Wildman–Crippen MR) is 161 cm³/mol. The van der Waals surface area contributed by atoms with Crippen LogP contribution in [0.25, 0.3) is 0 Å². The lowest BCUT2D eigenvalue weighted by Gasteiger charge is -2.37. The zero-order valence-electron chi connectivity index (χ0n) is 24.8. The summed E-state index contributed by atoms with van der Waals surface area (Å²) in [6.07, 6.45) is 2.73. The van der Waals surface area contributed by atoms with Crippen LogP contribution in [0, 0.1) is 11.8 Å². The van der Waals surface area contributed by atoms with Crippen molar-refractivity contribution < 1.29 is 34.3 Å². The molecular formula is C27H47BN5O7S-. The molecule has 0 fully saturated rings. The smallest absolute Gasteiger partial charge is 0.393 e. The fraction of sp³-hybridized carbons (Fsp3) is 0.630. The van der Waals surface area contributed by atoms with Gasteiger partial charge in [0.15, 0.2) is 0 Å². The number of carbonyl (C=O) groups excluding carboxylic acids is 4. The van der Waals surface area contributed by atoms with E-state index in [0.717, 1.165) is 5.56 Å². The van der Waals surface area contributed by atoms with E-state index in [0.29, 0.717) is 12.2 Å². The van der Waals surface area contributed by atoms with Crippen LogP contribution in [0.15, 0.2) is 30.3 Å². The Bertz CT molecular complexity index is 994. The van der Waals surface area contributed by atoms with Crippen LogP contribution in [0.1, 0.15) is 53.0 Å². The number of carbonyl (C=O) groups is 4. The summed E-state index contributed by atoms with van der Waals surface area (Å²) in [4.78, 5) is 52.0. The fourth-order valence-electron chi connectivity index (χ4n) is 4.15. The molecule has 1 aromatic carbocycles. The first-order valence-electron chi connectivity index (χ1n) is 13.9. The predicted octanol–water partition coefficient (Wildman–Crippen LogP) is -0.574. The molecule has 9 N–H and O–H groups in total. The summed E-state index contributed by atoms with van der Waals surface area (Å²) >= 11 is 1.55. The van der Waals surface area contributed by atoms with Crippen LogP contribution in [-0.4, -0.2) is 87.6 Å². The molecule has 4 amide bonds. The molecule has 0 saturated heterocycles. The van der Waals surface area contributed by atoms with Gasteiger partial charge in [-0.25, -0.2) is 0 Å². The molecule has 0 spiro atoms. The van der Waals surface area contributed by atoms with Gasteiger partial charge in [0.1, 0.15) is 18.1 Å². The van der Waals surface area contributed by atoms with Gasteiger partial charge in [0.2, 0.25) is 23.6 Å². The summed E-state index contributed by atoms with van der Waals surface area (Å²) in [6.45, 7) is 4.47. The summed E-state index contributed by atoms with van der Waals surface area (Å²) in [5.74, 6) is -3.65. The van der Waals surface area contributed by atoms with Crippen molar-refractivity contribution in [3.8, 4) is 0 Å². The van der Waals surface area contributed by atoms with Crippen molar-refractivity contribution in [2.75, 3.05) is 12.0 Å². The molecule has 0 unspecified atom stereocenters. The summed E-state index contributed by atoms with van der Waals surface area (Å²) < 4.78 is 0. The average Bonchev–Trinajstić information content (AvgIpc) is 2.88. The van der Waals surface area contributed by atoms with Crippen molar-refractivity contribution in [3.05, 3.63) is 35.9 Å². The first-order valence-corrected chi connectivity index (χ1v) is 15.3. The van der Waals surface area contributed by atoms with Gasteiger partial charge in [-0.05, 0) is 49.2 Å². The van der Waals surface area contributed by atoms with Gasteiger partial charge >= 0.3 is 6.75 Å². The molecule has 41 heavy (non-hydrogen) atoms. The van der Waals surface area contributed by atoms with E-state index in [2.05, 4.69) is 21.3 Å². The zero-order chi connectivity index (χ0) is 31.3. The molecule has 0 saturated carbocycles. The maximum atomic E-state index is 13.3. The number of benzene rings is 1. The number of nitrogens with two attached hydrogens (primary N) is 1. The van der Waals surface area contributed by atoms with E-state index in [4.69, 9.17) is 5.73 Å². The van der Waals surface area contributed by atoms with Crippen LogP contribution < -0.4 is 27.0 Å². The quantitative estimate of drug-likeness (QED) is 0.108. The summed E-state index contributed by atoms with van der Waals surface area (Å²) in [5.41, 5.74) is 6.79. The molecular weight excluding hydrogens is 549 g/mol. The van der Waals surface area contributed by atoms with Crippen LogP contribution in [0.4, 0.5) is 0 Å². The zero-order valence-corrected chi connectivity index (χ0v) is 25.6. The van der Waals surface area contributed by atoms with E-state index in [1.54, 1.807) is 25.6 Å². The standard InChI is InChI=1S/C27H47BN5O7S/c1-16(2)14-21(27(37)33-23(17(3)4)28(38,39)40)31-24(34)18(5)30-26(36)22(15-19-10-8-7-9-11-19)32-25(35)20(29)12-13-41-6/h7-11,16-18,20-23,38-40H,12-15,29H2,1-6H3,(H,30,36)(H,31,34)(H,32,35)(H,33,37)/q-1/t18-,20-,21-,22-,23-/m0/s1. The van der Waals surface area contributed by atoms with Crippen LogP contribution in [-0.2, 0) is 25.6 Å². The van der Waals surface area contributed by atoms with E-state index in [9.17, 15) is 34.3 Å². The Labute approximate surface area is 247 Å². The highest BCUT2D eigenvalue weighted by atomic mass is 32.2. The Morgan fingerprint density at radius 1 is 0.829 bits per heavy atom. The first kappa shape index (κ1) is 36.4. The van der Waals surface area contributed by atoms with E-state index in [1.165, 1.54) is 6.92 Å². The minimum Gasteiger partial charge on any atom is -0.558 e. The van der Waals surface area contributed by atoms with Crippen molar-refractivity contribution >= 4 is 42.1 Å². The maximum Gasteiger partial charge on any atom is 0.393 e. The van der Waals surface area contributed by atoms with Gasteiger partial charge in [0, 0.05) is 6.42 Å². The van der Waals surface area contributed by atoms with Gasteiger partial charge in [-0.15, -0.1) is 0 Å². The third kappa shape index (κ3) is 13.3. The van der Waals surface area contributed by atoms with Gasteiger partial charge in [-0.1, -0.05) is 63.9 Å². The molecule has 5 atom stereocenters. The molecule has 232 valence electrons. The molecule has 0 radical (unpaired) electrons. The van der Waals surface area contributed by atoms with Gasteiger partial charge in [-0.2, -0.15) is 11.8 Å². The average molecular weight is 597 g/mol. The number of hydrogen-bond donors (Lipinski definition) is 8. The van der Waals surface area contributed by atoms with Gasteiger partial charge in [0.05, 0.1) is 6.04 Å². The lowest BCUT2D eigenvalue weighted by atomic mass is 9.65. The highest BCUT2D eigenvalue weighted by molar-refractivity contribution is 7.98. The second kappa shape index (κ2) is 17.3. The Balaban J connectivity index is 3.01. The summed E-state index contributed by atoms with van der Waals surface area (Å²) in [5, 5.41) is 39.5. The van der Waals surface area contributed by atoms with E-state index < -0.39 is 66.4 Å². The minimum absolute atomic E-state index is 0.0260. The monoisotopic (exact) mass is 596 g/mol. The number of thioether (sulfide) groups is 1. The Morgan fingerprint density at radius 2 is 1.39 bits per heavy atom. The Morgan fingerprint density at radius 3 is 1.90 bits per heavy atom. The number of rotatable bonds is 17. The normalized spacial score (nSPS) is 15.4. The fourth-order valence-corrected chi connectivity index (χ4v) is 4.64. The Hall–Kier alpha value is -2.65. The number of amides is 4. The molecule has 1 rings (SSSR count). The SMILES string of the molecule is CSCC[C@H](N)C(=O)N[C@@H](Cc1ccccc1)C(=O)N[C@@H](C)C(=O)N[C@@H](CC(C)C)C(=O)N[C@@H](C(C)C)[B-](O)(O)O. The Kier molecular flexibility index (Phi) is 15.4. The van der Waals surface area contributed by atoms with Crippen molar-refractivity contribution in [3.63, 3.8) is 0 Å². The first-order chi connectivity index (χ1) is 19.1. The largest absolute Gasteiger partial charge is 0.558 e. The molecule has 0 aromatic heterocycles. The van der Waals surface area contributed by atoms with Crippen molar-refractivity contribution in [1.82, 2.24) is 21.3 Å². The number of hydrogen-bond acceptors (Lipinski definition) is 9. The van der Waals surface area contributed by atoms with Crippen LogP contribution in [0.5, 0.6) is 0 Å². The highest BCUT2D eigenvalue weighted by Crippen LogP contribution is 2.12. The molecule has 0 heterocycles. The van der Waals surface area contributed by atoms with E-state index >= 15 is 0 Å². The van der Waals surface area contributed by atoms with Gasteiger partial charge in [0.25, 0.3) is 0 Å². The summed E-state index contributed by atoms with van der Waals surface area (Å²) in [6, 6.07) is 5.13. The molecule has 1 aromatic rings. The lowest BCUT2D eigenvalue weighted by Crippen LogP contribution is -2.63. The third-order valence-corrected chi connectivity index (χ3v) is 7.13. The van der Waals surface area contributed by atoms with Crippen molar-refractivity contribution in [2.45, 2.75) is 84.0 Å². The molecule has 0 aliphatic carbocycles. The van der Waals surface area contributed by atoms with Crippen molar-refractivity contribution in [1.29, 1.82) is 0 Å². The second-order valence-corrected chi connectivity index (χ2v) is 12.1. The molecule has 0 bridgehead atoms. The van der Waals surface area contributed by atoms with E-state index in [-0.39, 0.29) is 18.8 Å². The van der Waals surface area contributed by atoms with Crippen LogP contribution >= 0.6 is 11.8 Å². The molecule has 12 nitrogen and oxygen atoms in total. The molecule has 0 aliphatic heterocycles. The third-order valence-electron chi connectivity index (χ3n) is 6.49. The second-order valence-electron chi connectivity index (χ2n) is 11.1. The highest BCUT2D eigenvalue weighted by Gasteiger charge is 2.35. The molecule has 0 aliphatic rings. The van der Waals surface area contributed by atoms with Gasteiger partial charge in [-0.3, -0.25) is 19.2 Å². The molecule has 14 heteroatoms. The number of nitrogens with one attached hydrogen (secondary N) is 4. The minimum atomic E-state index is -3.85. The van der Waals surface area contributed by atoms with E-state index in [1.807, 2.05) is 50.4 Å². The van der Waals surface area contributed by atoms with Crippen LogP contribution in [0.2, 0.25) is 0 Å².